The minimum Gasteiger partial charge on any atom is -0.480 e. The van der Waals surface area contributed by atoms with Gasteiger partial charge in [-0.25, -0.2) is 4.79 Å². The monoisotopic (exact) mass is 324 g/mol. The Kier molecular flexibility index (Phi) is 5.09. The van der Waals surface area contributed by atoms with E-state index in [-0.39, 0.29) is 13.0 Å². The van der Waals surface area contributed by atoms with Crippen molar-refractivity contribution < 1.29 is 32.7 Å². The molecular weight excluding hydrogens is 305 g/mol. The van der Waals surface area contributed by atoms with E-state index in [0.29, 0.717) is 6.42 Å². The van der Waals surface area contributed by atoms with Gasteiger partial charge in [0, 0.05) is 6.54 Å². The maximum Gasteiger partial charge on any atom is 0.471 e. The summed E-state index contributed by atoms with van der Waals surface area (Å²) in [5.74, 6) is -4.23. The molecule has 22 heavy (non-hydrogen) atoms. The average Bonchev–Trinajstić information content (AvgIpc) is 2.81. The number of nitrogens with zero attached hydrogens (tertiary/aromatic N) is 1. The minimum absolute atomic E-state index is 0.143. The van der Waals surface area contributed by atoms with Crippen LogP contribution >= 0.6 is 0 Å². The van der Waals surface area contributed by atoms with Gasteiger partial charge in [-0.2, -0.15) is 13.2 Å². The largest absolute Gasteiger partial charge is 0.480 e. The number of hydrogen-bond donors (Lipinski definition) is 2. The number of carbonyl (C=O) groups excluding carboxylic acids is 2. The zero-order chi connectivity index (χ0) is 17.3. The first kappa shape index (κ1) is 18.2. The maximum absolute atomic E-state index is 12.5. The van der Waals surface area contributed by atoms with Gasteiger partial charge in [0.15, 0.2) is 0 Å². The number of likely N-dealkylation sites (tertiary alicyclic amines) is 1. The molecule has 6 nitrogen and oxygen atoms in total. The number of aliphatic carboxylic acids is 1. The number of carboxylic acid groups (broad SMARTS) is 1. The lowest BCUT2D eigenvalue weighted by Crippen LogP contribution is -2.58. The van der Waals surface area contributed by atoms with Gasteiger partial charge in [0.25, 0.3) is 0 Å². The lowest BCUT2D eigenvalue weighted by atomic mass is 9.85. The first-order valence-corrected chi connectivity index (χ1v) is 6.76. The molecule has 2 atom stereocenters. The van der Waals surface area contributed by atoms with Gasteiger partial charge in [0.05, 0.1) is 0 Å². The van der Waals surface area contributed by atoms with Crippen molar-refractivity contribution >= 4 is 17.8 Å². The van der Waals surface area contributed by atoms with Crippen LogP contribution in [0.2, 0.25) is 0 Å². The van der Waals surface area contributed by atoms with Crippen molar-refractivity contribution in [1.82, 2.24) is 10.2 Å². The Labute approximate surface area is 125 Å². The van der Waals surface area contributed by atoms with Crippen molar-refractivity contribution in [2.24, 2.45) is 5.41 Å². The average molecular weight is 324 g/mol. The van der Waals surface area contributed by atoms with E-state index in [4.69, 9.17) is 5.11 Å². The van der Waals surface area contributed by atoms with E-state index in [9.17, 15) is 27.6 Å². The summed E-state index contributed by atoms with van der Waals surface area (Å²) in [6.45, 7) is 4.64. The summed E-state index contributed by atoms with van der Waals surface area (Å²) < 4.78 is 37.2. The fraction of sp³-hybridized carbons (Fsp3) is 0.769. The van der Waals surface area contributed by atoms with Crippen LogP contribution < -0.4 is 5.32 Å². The summed E-state index contributed by atoms with van der Waals surface area (Å²) in [4.78, 5) is 35.7. The van der Waals surface area contributed by atoms with Crippen molar-refractivity contribution in [1.29, 1.82) is 0 Å². The van der Waals surface area contributed by atoms with Gasteiger partial charge in [0.1, 0.15) is 12.1 Å². The second-order valence-corrected chi connectivity index (χ2v) is 6.30. The molecule has 0 aromatic carbocycles. The Hall–Kier alpha value is -1.80. The molecule has 126 valence electrons. The standard InChI is InChI=1S/C13H19F3N2O4/c1-12(2,3)8(17-11(22)13(14,15)16)9(19)18-6-4-5-7(18)10(20)21/h7-8H,4-6H2,1-3H3,(H,17,22)(H,20,21)/t7-,8+/m0/s1. The molecule has 0 aromatic rings. The van der Waals surface area contributed by atoms with E-state index in [1.165, 1.54) is 20.8 Å². The molecule has 9 heteroatoms. The first-order valence-electron chi connectivity index (χ1n) is 6.76. The van der Waals surface area contributed by atoms with Gasteiger partial charge in [-0.05, 0) is 18.3 Å². The Balaban J connectivity index is 3.00. The summed E-state index contributed by atoms with van der Waals surface area (Å²) >= 11 is 0. The molecule has 1 aliphatic heterocycles. The molecule has 0 unspecified atom stereocenters. The van der Waals surface area contributed by atoms with E-state index in [1.807, 2.05) is 0 Å². The molecule has 2 amide bonds. The second kappa shape index (κ2) is 6.13. The maximum atomic E-state index is 12.5. The zero-order valence-corrected chi connectivity index (χ0v) is 12.5. The molecule has 0 aromatic heterocycles. The Morgan fingerprint density at radius 1 is 1.23 bits per heavy atom. The Morgan fingerprint density at radius 2 is 1.77 bits per heavy atom. The Morgan fingerprint density at radius 3 is 2.18 bits per heavy atom. The van der Waals surface area contributed by atoms with Crippen LogP contribution in [0.5, 0.6) is 0 Å². The van der Waals surface area contributed by atoms with E-state index in [1.54, 1.807) is 5.32 Å². The summed E-state index contributed by atoms with van der Waals surface area (Å²) in [6.07, 6.45) is -4.42. The Bertz CT molecular complexity index is 471. The van der Waals surface area contributed by atoms with Gasteiger partial charge in [-0.15, -0.1) is 0 Å². The van der Waals surface area contributed by atoms with Crippen LogP contribution in [0.25, 0.3) is 0 Å². The van der Waals surface area contributed by atoms with Crippen molar-refractivity contribution in [2.75, 3.05) is 6.54 Å². The van der Waals surface area contributed by atoms with E-state index >= 15 is 0 Å². The topological polar surface area (TPSA) is 86.7 Å². The quantitative estimate of drug-likeness (QED) is 0.815. The highest BCUT2D eigenvalue weighted by molar-refractivity contribution is 5.92. The van der Waals surface area contributed by atoms with Crippen molar-refractivity contribution in [3.63, 3.8) is 0 Å². The summed E-state index contributed by atoms with van der Waals surface area (Å²) in [6, 6.07) is -2.53. The first-order chi connectivity index (χ1) is 9.85. The normalized spacial score (nSPS) is 20.6. The molecule has 1 heterocycles. The zero-order valence-electron chi connectivity index (χ0n) is 12.5. The second-order valence-electron chi connectivity index (χ2n) is 6.30. The molecule has 2 N–H and O–H groups in total. The molecule has 0 aliphatic carbocycles. The fourth-order valence-corrected chi connectivity index (χ4v) is 2.31. The molecule has 0 radical (unpaired) electrons. The lowest BCUT2D eigenvalue weighted by Gasteiger charge is -2.34. The third kappa shape index (κ3) is 4.11. The van der Waals surface area contributed by atoms with Crippen LogP contribution in [-0.4, -0.2) is 52.6 Å². The number of nitrogens with one attached hydrogen (secondary N) is 1. The highest BCUT2D eigenvalue weighted by Gasteiger charge is 2.46. The van der Waals surface area contributed by atoms with Crippen molar-refractivity contribution in [2.45, 2.75) is 51.9 Å². The third-order valence-corrected chi connectivity index (χ3v) is 3.47. The van der Waals surface area contributed by atoms with Crippen LogP contribution in [0.1, 0.15) is 33.6 Å². The highest BCUT2D eigenvalue weighted by Crippen LogP contribution is 2.27. The van der Waals surface area contributed by atoms with Gasteiger partial charge >= 0.3 is 18.1 Å². The summed E-state index contributed by atoms with van der Waals surface area (Å²) in [5, 5.41) is 10.8. The van der Waals surface area contributed by atoms with Gasteiger partial charge in [0.2, 0.25) is 5.91 Å². The summed E-state index contributed by atoms with van der Waals surface area (Å²) in [5.41, 5.74) is -0.996. The number of carboxylic acids is 1. The van der Waals surface area contributed by atoms with Crippen molar-refractivity contribution in [3.05, 3.63) is 0 Å². The third-order valence-electron chi connectivity index (χ3n) is 3.47. The molecule has 0 bridgehead atoms. The van der Waals surface area contributed by atoms with Gasteiger partial charge in [-0.1, -0.05) is 20.8 Å². The molecular formula is C13H19F3N2O4. The molecule has 1 aliphatic rings. The number of rotatable bonds is 3. The molecule has 1 saturated heterocycles. The lowest BCUT2D eigenvalue weighted by molar-refractivity contribution is -0.176. The summed E-state index contributed by atoms with van der Waals surface area (Å²) in [7, 11) is 0. The van der Waals surface area contributed by atoms with Crippen LogP contribution in [0.3, 0.4) is 0 Å². The van der Waals surface area contributed by atoms with Crippen molar-refractivity contribution in [3.8, 4) is 0 Å². The van der Waals surface area contributed by atoms with Crippen LogP contribution in [0.4, 0.5) is 13.2 Å². The van der Waals surface area contributed by atoms with Crippen LogP contribution in [0, 0.1) is 5.41 Å². The molecule has 0 spiro atoms. The van der Waals surface area contributed by atoms with Crippen LogP contribution in [-0.2, 0) is 14.4 Å². The minimum atomic E-state index is -5.11. The number of amides is 2. The van der Waals surface area contributed by atoms with Gasteiger partial charge in [-0.3, -0.25) is 9.59 Å². The van der Waals surface area contributed by atoms with Gasteiger partial charge < -0.3 is 15.3 Å². The number of hydrogen-bond acceptors (Lipinski definition) is 3. The smallest absolute Gasteiger partial charge is 0.471 e. The van der Waals surface area contributed by atoms with E-state index < -0.39 is 41.5 Å². The highest BCUT2D eigenvalue weighted by atomic mass is 19.4. The molecule has 0 saturated carbocycles. The fourth-order valence-electron chi connectivity index (χ4n) is 2.31. The van der Waals surface area contributed by atoms with E-state index in [0.717, 1.165) is 4.90 Å². The number of carbonyl (C=O) groups is 3. The molecule has 1 rings (SSSR count). The SMILES string of the molecule is CC(C)(C)[C@H](NC(=O)C(F)(F)F)C(=O)N1CCC[C@H]1C(=O)O. The predicted molar refractivity (Wildman–Crippen MR) is 69.8 cm³/mol. The van der Waals surface area contributed by atoms with E-state index in [2.05, 4.69) is 0 Å². The van der Waals surface area contributed by atoms with Crippen LogP contribution in [0.15, 0.2) is 0 Å². The number of halogens is 3. The number of alkyl halides is 3. The predicted octanol–water partition coefficient (Wildman–Crippen LogP) is 1.16. The molecule has 1 fully saturated rings.